The van der Waals surface area contributed by atoms with Gasteiger partial charge in [-0.1, -0.05) is 0 Å². The van der Waals surface area contributed by atoms with Gasteiger partial charge < -0.3 is 5.32 Å². The monoisotopic (exact) mass is 544 g/mol. The molecule has 0 bridgehead atoms. The van der Waals surface area contributed by atoms with Crippen molar-refractivity contribution in [1.82, 2.24) is 19.6 Å². The van der Waals surface area contributed by atoms with Gasteiger partial charge in [0.1, 0.15) is 18.0 Å². The SMILES string of the molecule is O=C(NCc1cc(-c2ccc(C(F)(F)F)cn2)cc(F)n1)C1CC(F)CN1S(=O)(=O)c1ccc(F)cc1. The molecule has 0 spiro atoms. The van der Waals surface area contributed by atoms with Crippen molar-refractivity contribution >= 4 is 15.9 Å². The number of hydrogen-bond acceptors (Lipinski definition) is 5. The van der Waals surface area contributed by atoms with Gasteiger partial charge in [0.05, 0.1) is 28.4 Å². The second kappa shape index (κ2) is 10.1. The minimum Gasteiger partial charge on any atom is -0.349 e. The molecule has 0 radical (unpaired) electrons. The lowest BCUT2D eigenvalue weighted by Crippen LogP contribution is -2.45. The smallest absolute Gasteiger partial charge is 0.349 e. The molecule has 1 aliphatic rings. The Morgan fingerprint density at radius 1 is 1.08 bits per heavy atom. The van der Waals surface area contributed by atoms with Crippen LogP contribution in [-0.2, 0) is 27.5 Å². The number of rotatable bonds is 6. The largest absolute Gasteiger partial charge is 0.417 e. The Morgan fingerprint density at radius 2 is 1.78 bits per heavy atom. The van der Waals surface area contributed by atoms with Gasteiger partial charge in [0.2, 0.25) is 21.9 Å². The van der Waals surface area contributed by atoms with Gasteiger partial charge in [-0.2, -0.15) is 21.9 Å². The van der Waals surface area contributed by atoms with Crippen LogP contribution in [0.2, 0.25) is 0 Å². The number of alkyl halides is 4. The molecule has 3 aromatic rings. The van der Waals surface area contributed by atoms with E-state index in [1.165, 1.54) is 6.07 Å². The first-order chi connectivity index (χ1) is 17.3. The maximum atomic E-state index is 14.2. The maximum absolute atomic E-state index is 14.2. The maximum Gasteiger partial charge on any atom is 0.417 e. The van der Waals surface area contributed by atoms with Crippen molar-refractivity contribution in [3.05, 3.63) is 77.8 Å². The molecular weight excluding hydrogens is 526 g/mol. The summed E-state index contributed by atoms with van der Waals surface area (Å²) in [5.41, 5.74) is -0.904. The van der Waals surface area contributed by atoms with Crippen LogP contribution in [0, 0.1) is 11.8 Å². The molecule has 1 aromatic carbocycles. The molecule has 1 amide bonds. The van der Waals surface area contributed by atoms with E-state index in [1.54, 1.807) is 0 Å². The fourth-order valence-corrected chi connectivity index (χ4v) is 5.45. The van der Waals surface area contributed by atoms with E-state index in [2.05, 4.69) is 15.3 Å². The van der Waals surface area contributed by atoms with Gasteiger partial charge in [0.15, 0.2) is 0 Å². The third kappa shape index (κ3) is 5.91. The second-order valence-corrected chi connectivity index (χ2v) is 10.1. The molecule has 4 rings (SSSR count). The number of pyridine rings is 2. The topological polar surface area (TPSA) is 92.3 Å². The predicted molar refractivity (Wildman–Crippen MR) is 118 cm³/mol. The van der Waals surface area contributed by atoms with E-state index < -0.39 is 64.6 Å². The Kier molecular flexibility index (Phi) is 7.24. The van der Waals surface area contributed by atoms with Gasteiger partial charge in [-0.05, 0) is 42.5 Å². The van der Waals surface area contributed by atoms with Crippen molar-refractivity contribution in [1.29, 1.82) is 0 Å². The van der Waals surface area contributed by atoms with E-state index in [9.17, 15) is 39.6 Å². The number of benzene rings is 1. The van der Waals surface area contributed by atoms with Crippen molar-refractivity contribution in [2.45, 2.75) is 36.3 Å². The summed E-state index contributed by atoms with van der Waals surface area (Å²) in [5.74, 6) is -2.54. The average Bonchev–Trinajstić information content (AvgIpc) is 3.25. The molecule has 14 heteroatoms. The van der Waals surface area contributed by atoms with Gasteiger partial charge >= 0.3 is 6.18 Å². The molecule has 0 aliphatic carbocycles. The van der Waals surface area contributed by atoms with Gasteiger partial charge in [0.25, 0.3) is 0 Å². The highest BCUT2D eigenvalue weighted by atomic mass is 32.2. The van der Waals surface area contributed by atoms with Crippen LogP contribution in [0.3, 0.4) is 0 Å². The summed E-state index contributed by atoms with van der Waals surface area (Å²) >= 11 is 0. The fraction of sp³-hybridized carbons (Fsp3) is 0.261. The summed E-state index contributed by atoms with van der Waals surface area (Å²) in [6, 6.07) is 6.49. The zero-order chi connectivity index (χ0) is 27.0. The fourth-order valence-electron chi connectivity index (χ4n) is 3.82. The number of nitrogens with one attached hydrogen (secondary N) is 1. The summed E-state index contributed by atoms with van der Waals surface area (Å²) in [7, 11) is -4.33. The number of halogens is 6. The standard InChI is InChI=1S/C23H18F6N4O3S/c24-15-2-4-18(5-3-15)37(35,36)33-12-16(25)9-20(33)22(34)31-11-17-7-13(8-21(26)32-17)19-6-1-14(10-30-19)23(27,28)29/h1-8,10,16,20H,9,11-12H2,(H,31,34). The molecular formula is C23H18F6N4O3S. The van der Waals surface area contributed by atoms with Crippen molar-refractivity contribution in [3.63, 3.8) is 0 Å². The second-order valence-electron chi connectivity index (χ2n) is 8.19. The normalized spacial score (nSPS) is 18.6. The highest BCUT2D eigenvalue weighted by molar-refractivity contribution is 7.89. The minimum absolute atomic E-state index is 0.0227. The lowest BCUT2D eigenvalue weighted by atomic mass is 10.1. The lowest BCUT2D eigenvalue weighted by Gasteiger charge is -2.23. The summed E-state index contributed by atoms with van der Waals surface area (Å²) < 4.78 is 106. The molecule has 2 unspecified atom stereocenters. The molecule has 1 saturated heterocycles. The average molecular weight is 544 g/mol. The van der Waals surface area contributed by atoms with Crippen LogP contribution in [0.25, 0.3) is 11.3 Å². The molecule has 7 nitrogen and oxygen atoms in total. The van der Waals surface area contributed by atoms with E-state index in [1.807, 2.05) is 0 Å². The van der Waals surface area contributed by atoms with Crippen molar-refractivity contribution in [2.75, 3.05) is 6.54 Å². The van der Waals surface area contributed by atoms with Gasteiger partial charge in [-0.15, -0.1) is 0 Å². The Labute approximate surface area is 207 Å². The molecule has 1 aliphatic heterocycles. The molecule has 0 saturated carbocycles. The van der Waals surface area contributed by atoms with Crippen LogP contribution in [-0.4, -0.2) is 47.4 Å². The van der Waals surface area contributed by atoms with E-state index in [0.29, 0.717) is 10.5 Å². The summed E-state index contributed by atoms with van der Waals surface area (Å²) in [6.45, 7) is -0.970. The number of carbonyl (C=O) groups is 1. The number of amides is 1. The molecule has 3 heterocycles. The molecule has 2 aromatic heterocycles. The zero-order valence-electron chi connectivity index (χ0n) is 18.7. The van der Waals surface area contributed by atoms with Crippen molar-refractivity contribution in [3.8, 4) is 11.3 Å². The zero-order valence-corrected chi connectivity index (χ0v) is 19.5. The Bertz CT molecular complexity index is 1400. The third-order valence-electron chi connectivity index (χ3n) is 5.61. The van der Waals surface area contributed by atoms with Crippen LogP contribution in [0.5, 0.6) is 0 Å². The van der Waals surface area contributed by atoms with Gasteiger partial charge in [-0.3, -0.25) is 9.78 Å². The number of sulfonamides is 1. The predicted octanol–water partition coefficient (Wildman–Crippen LogP) is 3.86. The Morgan fingerprint density at radius 3 is 2.41 bits per heavy atom. The van der Waals surface area contributed by atoms with Crippen LogP contribution in [0.1, 0.15) is 17.7 Å². The number of nitrogens with zero attached hydrogens (tertiary/aromatic N) is 3. The first-order valence-corrected chi connectivity index (χ1v) is 12.2. The van der Waals surface area contributed by atoms with Gasteiger partial charge in [0, 0.05) is 30.8 Å². The van der Waals surface area contributed by atoms with E-state index in [-0.39, 0.29) is 28.4 Å². The van der Waals surface area contributed by atoms with Crippen LogP contribution < -0.4 is 5.32 Å². The third-order valence-corrected chi connectivity index (χ3v) is 7.49. The molecule has 1 fully saturated rings. The van der Waals surface area contributed by atoms with Crippen molar-refractivity contribution < 1.29 is 39.6 Å². The number of carbonyl (C=O) groups excluding carboxylic acids is 1. The van der Waals surface area contributed by atoms with E-state index >= 15 is 0 Å². The van der Waals surface area contributed by atoms with Crippen LogP contribution >= 0.6 is 0 Å². The van der Waals surface area contributed by atoms with Crippen LogP contribution in [0.4, 0.5) is 26.3 Å². The van der Waals surface area contributed by atoms with Gasteiger partial charge in [-0.25, -0.2) is 22.2 Å². The number of aromatic nitrogens is 2. The van der Waals surface area contributed by atoms with E-state index in [0.717, 1.165) is 42.5 Å². The first kappa shape index (κ1) is 26.5. The summed E-state index contributed by atoms with van der Waals surface area (Å²) in [6.07, 6.45) is -6.06. The van der Waals surface area contributed by atoms with Crippen LogP contribution in [0.15, 0.2) is 59.6 Å². The van der Waals surface area contributed by atoms with E-state index in [4.69, 9.17) is 0 Å². The Hall–Kier alpha value is -3.52. The molecule has 37 heavy (non-hydrogen) atoms. The molecule has 1 N–H and O–H groups in total. The highest BCUT2D eigenvalue weighted by Gasteiger charge is 2.44. The van der Waals surface area contributed by atoms with Crippen molar-refractivity contribution in [2.24, 2.45) is 0 Å². The number of hydrogen-bond donors (Lipinski definition) is 1. The molecule has 196 valence electrons. The molecule has 2 atom stereocenters. The summed E-state index contributed by atoms with van der Waals surface area (Å²) in [4.78, 5) is 19.8. The lowest BCUT2D eigenvalue weighted by molar-refractivity contribution is -0.137. The Balaban J connectivity index is 1.50. The highest BCUT2D eigenvalue weighted by Crippen LogP contribution is 2.30. The summed E-state index contributed by atoms with van der Waals surface area (Å²) in [5, 5.41) is 2.39. The first-order valence-electron chi connectivity index (χ1n) is 10.7. The minimum atomic E-state index is -4.60. The quantitative estimate of drug-likeness (QED) is 0.376.